The van der Waals surface area contributed by atoms with Crippen LogP contribution in [0.5, 0.6) is 5.75 Å². The Bertz CT molecular complexity index is 912. The molecule has 0 atom stereocenters. The molecular formula is C20H14F3NO2. The van der Waals surface area contributed by atoms with E-state index in [4.69, 9.17) is 4.74 Å². The monoisotopic (exact) mass is 357 g/mol. The van der Waals surface area contributed by atoms with Crippen molar-refractivity contribution in [3.8, 4) is 5.75 Å². The van der Waals surface area contributed by atoms with Crippen molar-refractivity contribution in [1.29, 1.82) is 0 Å². The van der Waals surface area contributed by atoms with Gasteiger partial charge in [0.25, 0.3) is 5.91 Å². The van der Waals surface area contributed by atoms with Crippen molar-refractivity contribution in [2.75, 3.05) is 5.32 Å². The summed E-state index contributed by atoms with van der Waals surface area (Å²) in [5, 5.41) is 2.22. The van der Waals surface area contributed by atoms with Gasteiger partial charge in [-0.3, -0.25) is 4.79 Å². The Kier molecular flexibility index (Phi) is 5.22. The van der Waals surface area contributed by atoms with Crippen molar-refractivity contribution in [3.63, 3.8) is 0 Å². The summed E-state index contributed by atoms with van der Waals surface area (Å²) in [7, 11) is 0. The molecule has 26 heavy (non-hydrogen) atoms. The highest BCUT2D eigenvalue weighted by Gasteiger charge is 2.13. The zero-order chi connectivity index (χ0) is 18.5. The van der Waals surface area contributed by atoms with Gasteiger partial charge in [0.2, 0.25) is 0 Å². The van der Waals surface area contributed by atoms with E-state index in [1.165, 1.54) is 12.1 Å². The number of para-hydroxylation sites is 1. The molecule has 0 aliphatic rings. The summed E-state index contributed by atoms with van der Waals surface area (Å²) in [5.74, 6) is -3.52. The third-order valence-electron chi connectivity index (χ3n) is 3.62. The van der Waals surface area contributed by atoms with Gasteiger partial charge in [0.1, 0.15) is 18.2 Å². The van der Waals surface area contributed by atoms with Gasteiger partial charge in [-0.05, 0) is 29.8 Å². The lowest BCUT2D eigenvalue weighted by molar-refractivity contribution is 0.102. The van der Waals surface area contributed by atoms with Gasteiger partial charge in [0.05, 0.1) is 5.69 Å². The van der Waals surface area contributed by atoms with Crippen molar-refractivity contribution < 1.29 is 22.7 Å². The number of nitrogens with one attached hydrogen (secondary N) is 1. The summed E-state index contributed by atoms with van der Waals surface area (Å²) < 4.78 is 45.3. The van der Waals surface area contributed by atoms with Crippen molar-refractivity contribution in [1.82, 2.24) is 0 Å². The van der Waals surface area contributed by atoms with Crippen LogP contribution in [0.4, 0.5) is 18.9 Å². The summed E-state index contributed by atoms with van der Waals surface area (Å²) in [6.45, 7) is 0.323. The van der Waals surface area contributed by atoms with Crippen LogP contribution < -0.4 is 10.1 Å². The molecule has 0 fully saturated rings. The Balaban J connectivity index is 1.64. The van der Waals surface area contributed by atoms with Crippen molar-refractivity contribution in [3.05, 3.63) is 95.3 Å². The molecule has 0 saturated heterocycles. The van der Waals surface area contributed by atoms with Crippen molar-refractivity contribution >= 4 is 11.6 Å². The van der Waals surface area contributed by atoms with Gasteiger partial charge < -0.3 is 10.1 Å². The van der Waals surface area contributed by atoms with E-state index in [-0.39, 0.29) is 5.56 Å². The summed E-state index contributed by atoms with van der Waals surface area (Å²) in [6.07, 6.45) is 0. The van der Waals surface area contributed by atoms with Crippen LogP contribution in [0.1, 0.15) is 15.9 Å². The molecule has 0 unspecified atom stereocenters. The highest BCUT2D eigenvalue weighted by molar-refractivity contribution is 6.04. The van der Waals surface area contributed by atoms with Gasteiger partial charge in [-0.15, -0.1) is 0 Å². The topological polar surface area (TPSA) is 38.3 Å². The molecule has 0 spiro atoms. The second-order valence-electron chi connectivity index (χ2n) is 5.50. The lowest BCUT2D eigenvalue weighted by Gasteiger charge is -2.09. The summed E-state index contributed by atoms with van der Waals surface area (Å²) in [6, 6.07) is 16.7. The maximum atomic E-state index is 13.6. The molecular weight excluding hydrogens is 343 g/mol. The molecule has 0 saturated carbocycles. The van der Waals surface area contributed by atoms with E-state index in [1.807, 2.05) is 30.3 Å². The van der Waals surface area contributed by atoms with E-state index in [1.54, 1.807) is 12.1 Å². The molecule has 1 N–H and O–H groups in total. The lowest BCUT2D eigenvalue weighted by Crippen LogP contribution is -2.13. The first kappa shape index (κ1) is 17.5. The molecule has 3 nitrogen and oxygen atoms in total. The largest absolute Gasteiger partial charge is 0.489 e. The number of rotatable bonds is 5. The van der Waals surface area contributed by atoms with Gasteiger partial charge >= 0.3 is 0 Å². The molecule has 1 amide bonds. The Labute approximate surface area is 148 Å². The van der Waals surface area contributed by atoms with Gasteiger partial charge in [-0.2, -0.15) is 0 Å². The zero-order valence-corrected chi connectivity index (χ0v) is 13.5. The third kappa shape index (κ3) is 4.22. The molecule has 0 aromatic heterocycles. The first-order chi connectivity index (χ1) is 12.5. The van der Waals surface area contributed by atoms with Crippen LogP contribution in [-0.4, -0.2) is 5.91 Å². The minimum Gasteiger partial charge on any atom is -0.489 e. The van der Waals surface area contributed by atoms with Crippen LogP contribution in [0, 0.1) is 17.5 Å². The number of amides is 1. The molecule has 6 heteroatoms. The van der Waals surface area contributed by atoms with Crippen LogP contribution in [0.2, 0.25) is 0 Å². The minimum atomic E-state index is -1.32. The van der Waals surface area contributed by atoms with Crippen molar-refractivity contribution in [2.24, 2.45) is 0 Å². The van der Waals surface area contributed by atoms with Crippen LogP contribution in [0.25, 0.3) is 0 Å². The quantitative estimate of drug-likeness (QED) is 0.657. The molecule has 0 aliphatic heterocycles. The number of benzene rings is 3. The fraction of sp³-hybridized carbons (Fsp3) is 0.0500. The fourth-order valence-corrected chi connectivity index (χ4v) is 2.25. The number of carbonyl (C=O) groups excluding carboxylic acids is 1. The fourth-order valence-electron chi connectivity index (χ4n) is 2.25. The molecule has 3 aromatic rings. The van der Waals surface area contributed by atoms with E-state index < -0.39 is 29.0 Å². The second kappa shape index (κ2) is 7.74. The zero-order valence-electron chi connectivity index (χ0n) is 13.5. The number of carbonyl (C=O) groups is 1. The minimum absolute atomic E-state index is 0.248. The van der Waals surface area contributed by atoms with E-state index in [0.29, 0.717) is 18.7 Å². The number of hydrogen-bond donors (Lipinski definition) is 1. The maximum Gasteiger partial charge on any atom is 0.255 e. The standard InChI is InChI=1S/C20H14F3NO2/c21-16-10-18(23)19(11-17(16)22)24-20(25)14-8-6-13(7-9-14)12-26-15-4-2-1-3-5-15/h1-11H,12H2,(H,24,25). The summed E-state index contributed by atoms with van der Waals surface area (Å²) in [4.78, 5) is 12.1. The third-order valence-corrected chi connectivity index (χ3v) is 3.62. The molecule has 3 aromatic carbocycles. The van der Waals surface area contributed by atoms with Gasteiger partial charge in [0.15, 0.2) is 11.6 Å². The van der Waals surface area contributed by atoms with E-state index >= 15 is 0 Å². The number of anilines is 1. The first-order valence-corrected chi connectivity index (χ1v) is 7.75. The SMILES string of the molecule is O=C(Nc1cc(F)c(F)cc1F)c1ccc(COc2ccccc2)cc1. The van der Waals surface area contributed by atoms with E-state index in [0.717, 1.165) is 11.3 Å². The van der Waals surface area contributed by atoms with E-state index in [9.17, 15) is 18.0 Å². The first-order valence-electron chi connectivity index (χ1n) is 7.75. The van der Waals surface area contributed by atoms with Crippen LogP contribution in [-0.2, 0) is 6.61 Å². The van der Waals surface area contributed by atoms with Crippen LogP contribution >= 0.6 is 0 Å². The average molecular weight is 357 g/mol. The molecule has 0 radical (unpaired) electrons. The number of hydrogen-bond acceptors (Lipinski definition) is 2. The molecule has 0 bridgehead atoms. The highest BCUT2D eigenvalue weighted by Crippen LogP contribution is 2.19. The average Bonchev–Trinajstić information content (AvgIpc) is 2.65. The predicted molar refractivity (Wildman–Crippen MR) is 91.5 cm³/mol. The Morgan fingerprint density at radius 3 is 2.19 bits per heavy atom. The van der Waals surface area contributed by atoms with Gasteiger partial charge in [-0.1, -0.05) is 30.3 Å². The van der Waals surface area contributed by atoms with Crippen molar-refractivity contribution in [2.45, 2.75) is 6.61 Å². The van der Waals surface area contributed by atoms with E-state index in [2.05, 4.69) is 5.32 Å². The Morgan fingerprint density at radius 2 is 1.50 bits per heavy atom. The second-order valence-corrected chi connectivity index (χ2v) is 5.50. The normalized spacial score (nSPS) is 10.4. The number of ether oxygens (including phenoxy) is 1. The number of halogens is 3. The van der Waals surface area contributed by atoms with Crippen LogP contribution in [0.15, 0.2) is 66.7 Å². The van der Waals surface area contributed by atoms with Gasteiger partial charge in [0, 0.05) is 17.7 Å². The molecule has 132 valence electrons. The van der Waals surface area contributed by atoms with Gasteiger partial charge in [-0.25, -0.2) is 13.2 Å². The Hall–Kier alpha value is -3.28. The Morgan fingerprint density at radius 1 is 0.846 bits per heavy atom. The summed E-state index contributed by atoms with van der Waals surface area (Å²) >= 11 is 0. The highest BCUT2D eigenvalue weighted by atomic mass is 19.2. The maximum absolute atomic E-state index is 13.6. The molecule has 0 heterocycles. The summed E-state index contributed by atoms with van der Waals surface area (Å²) in [5.41, 5.74) is 0.660. The predicted octanol–water partition coefficient (Wildman–Crippen LogP) is 4.94. The molecule has 3 rings (SSSR count). The smallest absolute Gasteiger partial charge is 0.255 e. The molecule has 0 aliphatic carbocycles. The van der Waals surface area contributed by atoms with Crippen LogP contribution in [0.3, 0.4) is 0 Å². The lowest BCUT2D eigenvalue weighted by atomic mass is 10.1.